The minimum absolute atomic E-state index is 0.0589. The van der Waals surface area contributed by atoms with Crippen LogP contribution in [-0.4, -0.2) is 64.0 Å². The summed E-state index contributed by atoms with van der Waals surface area (Å²) in [4.78, 5) is 46.5. The first kappa shape index (κ1) is 31.7. The van der Waals surface area contributed by atoms with Crippen molar-refractivity contribution in [3.05, 3.63) is 41.0 Å². The first-order chi connectivity index (χ1) is 19.0. The molecular weight excluding hydrogens is 526 g/mol. The fourth-order valence-electron chi connectivity index (χ4n) is 4.97. The lowest BCUT2D eigenvalue weighted by atomic mass is 9.85. The zero-order valence-corrected chi connectivity index (χ0v) is 25.1. The molecule has 2 heterocycles. The summed E-state index contributed by atoms with van der Waals surface area (Å²) in [6.07, 6.45) is 4.47. The number of unbranched alkanes of at least 4 members (excludes halogenated alkanes) is 4. The molecule has 0 aliphatic carbocycles. The number of carbonyl (C=O) groups is 3. The number of nitrogens with two attached hydrogens (primary N) is 1. The molecule has 9 nitrogen and oxygen atoms in total. The normalized spacial score (nSPS) is 18.0. The van der Waals surface area contributed by atoms with Crippen LogP contribution in [0.2, 0.25) is 0 Å². The lowest BCUT2D eigenvalue weighted by Gasteiger charge is -2.35. The Hall–Kier alpha value is -2.82. The third-order valence-corrected chi connectivity index (χ3v) is 8.30. The first-order valence-corrected chi connectivity index (χ1v) is 15.1. The molecule has 3 rings (SSSR count). The van der Waals surface area contributed by atoms with E-state index in [4.69, 9.17) is 5.73 Å². The maximum Gasteiger partial charge on any atom is 0.246 e. The molecule has 10 heteroatoms. The van der Waals surface area contributed by atoms with E-state index in [1.165, 1.54) is 4.90 Å². The van der Waals surface area contributed by atoms with E-state index < -0.39 is 23.6 Å². The van der Waals surface area contributed by atoms with E-state index in [1.807, 2.05) is 57.5 Å². The molecule has 220 valence electrons. The lowest BCUT2D eigenvalue weighted by molar-refractivity contribution is -0.144. The Labute approximate surface area is 241 Å². The van der Waals surface area contributed by atoms with E-state index in [0.717, 1.165) is 53.8 Å². The molecule has 0 unspecified atom stereocenters. The quantitative estimate of drug-likeness (QED) is 0.272. The number of nitrogens with one attached hydrogen (secondary N) is 2. The molecule has 5 N–H and O–H groups in total. The number of benzene rings is 1. The van der Waals surface area contributed by atoms with Crippen molar-refractivity contribution >= 4 is 29.1 Å². The highest BCUT2D eigenvalue weighted by molar-refractivity contribution is 7.13. The summed E-state index contributed by atoms with van der Waals surface area (Å²) in [7, 11) is 0. The predicted molar refractivity (Wildman–Crippen MR) is 158 cm³/mol. The molecule has 40 heavy (non-hydrogen) atoms. The molecule has 1 aliphatic rings. The van der Waals surface area contributed by atoms with Crippen LogP contribution in [0.1, 0.15) is 77.0 Å². The molecule has 3 atom stereocenters. The van der Waals surface area contributed by atoms with Gasteiger partial charge in [-0.3, -0.25) is 14.4 Å². The number of β-amino-alcohol motifs (C(OH)–C–C–N with tert-alkyl or cyclic N) is 1. The Morgan fingerprint density at radius 1 is 1.12 bits per heavy atom. The molecule has 0 spiro atoms. The summed E-state index contributed by atoms with van der Waals surface area (Å²) in [5, 5.41) is 16.2. The fourth-order valence-corrected chi connectivity index (χ4v) is 5.79. The predicted octanol–water partition coefficient (Wildman–Crippen LogP) is 3.53. The van der Waals surface area contributed by atoms with Crippen molar-refractivity contribution in [1.29, 1.82) is 0 Å². The van der Waals surface area contributed by atoms with E-state index in [9.17, 15) is 19.5 Å². The summed E-state index contributed by atoms with van der Waals surface area (Å²) >= 11 is 1.59. The number of carbonyl (C=O) groups excluding carboxylic acids is 3. The summed E-state index contributed by atoms with van der Waals surface area (Å²) in [6, 6.07) is 6.34. The van der Waals surface area contributed by atoms with Gasteiger partial charge >= 0.3 is 0 Å². The second kappa shape index (κ2) is 14.7. The zero-order chi connectivity index (χ0) is 29.3. The van der Waals surface area contributed by atoms with Gasteiger partial charge in [0, 0.05) is 25.9 Å². The van der Waals surface area contributed by atoms with Gasteiger partial charge in [0.1, 0.15) is 12.1 Å². The van der Waals surface area contributed by atoms with Gasteiger partial charge in [-0.2, -0.15) is 0 Å². The van der Waals surface area contributed by atoms with Crippen LogP contribution in [0.25, 0.3) is 10.4 Å². The number of aromatic nitrogens is 1. The standard InChI is InChI=1S/C30H45N5O4S/c1-20-26(40-19-33-20)22-13-11-21(12-14-22)17-32-28(38)24-16-23(36)18-35(24)29(39)27(30(2,3)4)34-25(37)10-8-6-5-7-9-15-31/h11-14,19,23-24,27,36H,5-10,15-18,31H2,1-4H3,(H,32,38)(H,34,37)/t23-,24+,27-/m1/s1. The van der Waals surface area contributed by atoms with Gasteiger partial charge in [-0.15, -0.1) is 11.3 Å². The average molecular weight is 572 g/mol. The number of aliphatic hydroxyl groups excluding tert-OH is 1. The molecule has 1 aliphatic heterocycles. The number of likely N-dealkylation sites (tertiary alicyclic amines) is 1. The second-order valence-corrected chi connectivity index (χ2v) is 12.6. The van der Waals surface area contributed by atoms with Crippen molar-refractivity contribution in [3.8, 4) is 10.4 Å². The van der Waals surface area contributed by atoms with Gasteiger partial charge in [-0.05, 0) is 42.9 Å². The van der Waals surface area contributed by atoms with Gasteiger partial charge in [-0.1, -0.05) is 64.3 Å². The highest BCUT2D eigenvalue weighted by atomic mass is 32.1. The highest BCUT2D eigenvalue weighted by Gasteiger charge is 2.44. The van der Waals surface area contributed by atoms with Crippen LogP contribution >= 0.6 is 11.3 Å². The molecule has 0 bridgehead atoms. The van der Waals surface area contributed by atoms with Gasteiger partial charge in [0.05, 0.1) is 22.2 Å². The third-order valence-electron chi connectivity index (χ3n) is 7.32. The number of hydrogen-bond donors (Lipinski definition) is 4. The number of amides is 3. The zero-order valence-electron chi connectivity index (χ0n) is 24.2. The van der Waals surface area contributed by atoms with Gasteiger partial charge in [0.15, 0.2) is 0 Å². The summed E-state index contributed by atoms with van der Waals surface area (Å²) < 4.78 is 0. The van der Waals surface area contributed by atoms with Crippen molar-refractivity contribution in [2.75, 3.05) is 13.1 Å². The third kappa shape index (κ3) is 8.84. The van der Waals surface area contributed by atoms with Crippen LogP contribution in [0.15, 0.2) is 29.8 Å². The fraction of sp³-hybridized carbons (Fsp3) is 0.600. The summed E-state index contributed by atoms with van der Waals surface area (Å²) in [5.74, 6) is -0.835. The van der Waals surface area contributed by atoms with Crippen molar-refractivity contribution < 1.29 is 19.5 Å². The second-order valence-electron chi connectivity index (χ2n) is 11.8. The Morgan fingerprint density at radius 3 is 2.42 bits per heavy atom. The monoisotopic (exact) mass is 571 g/mol. The van der Waals surface area contributed by atoms with Gasteiger partial charge < -0.3 is 26.4 Å². The first-order valence-electron chi connectivity index (χ1n) is 14.3. The number of hydrogen-bond acceptors (Lipinski definition) is 7. The molecule has 1 aromatic carbocycles. The molecule has 0 radical (unpaired) electrons. The highest BCUT2D eigenvalue weighted by Crippen LogP contribution is 2.28. The van der Waals surface area contributed by atoms with Crippen LogP contribution in [0, 0.1) is 12.3 Å². The van der Waals surface area contributed by atoms with Crippen molar-refractivity contribution in [3.63, 3.8) is 0 Å². The topological polar surface area (TPSA) is 138 Å². The van der Waals surface area contributed by atoms with Crippen LogP contribution in [0.4, 0.5) is 0 Å². The van der Waals surface area contributed by atoms with E-state index in [-0.39, 0.29) is 30.7 Å². The number of aliphatic hydroxyl groups is 1. The smallest absolute Gasteiger partial charge is 0.246 e. The van der Waals surface area contributed by atoms with E-state index in [0.29, 0.717) is 19.5 Å². The maximum atomic E-state index is 13.7. The van der Waals surface area contributed by atoms with Gasteiger partial charge in [0.25, 0.3) is 0 Å². The minimum atomic E-state index is -0.805. The van der Waals surface area contributed by atoms with Crippen LogP contribution < -0.4 is 16.4 Å². The molecular formula is C30H45N5O4S. The summed E-state index contributed by atoms with van der Waals surface area (Å²) in [5.41, 5.74) is 9.77. The van der Waals surface area contributed by atoms with Crippen LogP contribution in [0.5, 0.6) is 0 Å². The molecule has 1 saturated heterocycles. The van der Waals surface area contributed by atoms with Crippen LogP contribution in [-0.2, 0) is 20.9 Å². The van der Waals surface area contributed by atoms with Gasteiger partial charge in [-0.25, -0.2) is 4.98 Å². The number of rotatable bonds is 13. The van der Waals surface area contributed by atoms with Crippen molar-refractivity contribution in [2.24, 2.45) is 11.1 Å². The molecule has 0 saturated carbocycles. The molecule has 2 aromatic rings. The van der Waals surface area contributed by atoms with E-state index in [2.05, 4.69) is 15.6 Å². The van der Waals surface area contributed by atoms with Gasteiger partial charge in [0.2, 0.25) is 17.7 Å². The van der Waals surface area contributed by atoms with E-state index >= 15 is 0 Å². The Bertz CT molecular complexity index is 1130. The van der Waals surface area contributed by atoms with Crippen molar-refractivity contribution in [1.82, 2.24) is 20.5 Å². The lowest BCUT2D eigenvalue weighted by Crippen LogP contribution is -2.57. The SMILES string of the molecule is Cc1ncsc1-c1ccc(CNC(=O)[C@@H]2C[C@@H](O)CN2C(=O)[C@@H](NC(=O)CCCCCCCN)C(C)(C)C)cc1. The minimum Gasteiger partial charge on any atom is -0.391 e. The Balaban J connectivity index is 1.59. The summed E-state index contributed by atoms with van der Waals surface area (Å²) in [6.45, 7) is 8.69. The Morgan fingerprint density at radius 2 is 1.80 bits per heavy atom. The van der Waals surface area contributed by atoms with Crippen LogP contribution in [0.3, 0.4) is 0 Å². The largest absolute Gasteiger partial charge is 0.391 e. The Kier molecular flexibility index (Phi) is 11.7. The molecule has 1 fully saturated rings. The molecule has 1 aromatic heterocycles. The number of aryl methyl sites for hydroxylation is 1. The number of thiazole rings is 1. The molecule has 3 amide bonds. The van der Waals surface area contributed by atoms with Crippen molar-refractivity contribution in [2.45, 2.75) is 97.4 Å². The number of nitrogens with zero attached hydrogens (tertiary/aromatic N) is 2. The average Bonchev–Trinajstić information content (AvgIpc) is 3.52. The maximum absolute atomic E-state index is 13.7. The van der Waals surface area contributed by atoms with E-state index in [1.54, 1.807) is 11.3 Å².